The number of hydrogen-bond acceptors (Lipinski definition) is 0. The fourth-order valence-corrected chi connectivity index (χ4v) is 1.45. The zero-order valence-electron chi connectivity index (χ0n) is 8.86. The van der Waals surface area contributed by atoms with Crippen LogP contribution in [0.25, 0.3) is 0 Å². The maximum absolute atomic E-state index is 2.30. The Morgan fingerprint density at radius 2 is 1.21 bits per heavy atom. The van der Waals surface area contributed by atoms with Gasteiger partial charge >= 0.3 is 0 Å². The minimum Gasteiger partial charge on any atom is -0.0882 e. The molecule has 0 spiro atoms. The lowest BCUT2D eigenvalue weighted by atomic mass is 10.1. The van der Waals surface area contributed by atoms with Gasteiger partial charge in [0.25, 0.3) is 0 Å². The van der Waals surface area contributed by atoms with E-state index < -0.39 is 0 Å². The molecule has 0 saturated heterocycles. The summed E-state index contributed by atoms with van der Waals surface area (Å²) >= 11 is 0. The van der Waals surface area contributed by atoms with E-state index in [0.29, 0.717) is 0 Å². The van der Waals surface area contributed by atoms with E-state index in [-0.39, 0.29) is 0 Å². The normalized spacial score (nSPS) is 21.7. The van der Waals surface area contributed by atoms with Crippen LogP contribution < -0.4 is 0 Å². The van der Waals surface area contributed by atoms with E-state index in [1.807, 2.05) is 0 Å². The van der Waals surface area contributed by atoms with Crippen molar-refractivity contribution in [3.8, 4) is 0 Å². The van der Waals surface area contributed by atoms with Gasteiger partial charge in [-0.3, -0.25) is 0 Å². The van der Waals surface area contributed by atoms with Crippen LogP contribution in [-0.4, -0.2) is 0 Å². The van der Waals surface area contributed by atoms with Crippen molar-refractivity contribution in [3.63, 3.8) is 0 Å². The molecule has 0 atom stereocenters. The van der Waals surface area contributed by atoms with Crippen LogP contribution >= 0.6 is 0 Å². The van der Waals surface area contributed by atoms with Gasteiger partial charge in [0.2, 0.25) is 0 Å². The molecule has 0 heteroatoms. The van der Waals surface area contributed by atoms with E-state index in [1.54, 1.807) is 0 Å². The van der Waals surface area contributed by atoms with Crippen LogP contribution in [0.15, 0.2) is 48.6 Å². The van der Waals surface area contributed by atoms with Gasteiger partial charge in [-0.1, -0.05) is 55.0 Å². The lowest BCUT2D eigenvalue weighted by molar-refractivity contribution is 0.695. The predicted octanol–water partition coefficient (Wildman–Crippen LogP) is 4.57. The summed E-state index contributed by atoms with van der Waals surface area (Å²) in [5, 5.41) is 0. The van der Waals surface area contributed by atoms with Gasteiger partial charge in [0.05, 0.1) is 0 Å². The molecule has 76 valence electrons. The quantitative estimate of drug-likeness (QED) is 0.489. The second-order valence-electron chi connectivity index (χ2n) is 3.59. The Labute approximate surface area is 87.7 Å². The molecule has 0 aliphatic heterocycles. The Balaban J connectivity index is 2.36. The SMILES string of the molecule is C1=CCC=CCCCCCC=C/C=C\1. The highest BCUT2D eigenvalue weighted by Gasteiger charge is 1.85. The fourth-order valence-electron chi connectivity index (χ4n) is 1.45. The highest BCUT2D eigenvalue weighted by molar-refractivity contribution is 5.11. The molecule has 1 aliphatic rings. The van der Waals surface area contributed by atoms with Crippen molar-refractivity contribution in [1.82, 2.24) is 0 Å². The first kappa shape index (κ1) is 11.0. The number of rotatable bonds is 0. The molecule has 0 radical (unpaired) electrons. The Morgan fingerprint density at radius 3 is 2.07 bits per heavy atom. The first-order valence-corrected chi connectivity index (χ1v) is 5.63. The molecule has 0 aromatic carbocycles. The Hall–Kier alpha value is -1.04. The third kappa shape index (κ3) is 6.47. The van der Waals surface area contributed by atoms with Gasteiger partial charge in [-0.05, 0) is 32.1 Å². The van der Waals surface area contributed by atoms with Crippen molar-refractivity contribution in [2.45, 2.75) is 38.5 Å². The molecule has 0 nitrogen and oxygen atoms in total. The zero-order valence-corrected chi connectivity index (χ0v) is 8.86. The lowest BCUT2D eigenvalue weighted by Gasteiger charge is -1.95. The highest BCUT2D eigenvalue weighted by atomic mass is 13.9. The van der Waals surface area contributed by atoms with Crippen LogP contribution in [0.5, 0.6) is 0 Å². The molecule has 0 unspecified atom stereocenters. The van der Waals surface area contributed by atoms with Crippen LogP contribution in [0.4, 0.5) is 0 Å². The van der Waals surface area contributed by atoms with E-state index in [2.05, 4.69) is 48.6 Å². The summed E-state index contributed by atoms with van der Waals surface area (Å²) in [6.45, 7) is 0. The average molecular weight is 188 g/mol. The Morgan fingerprint density at radius 1 is 0.500 bits per heavy atom. The Kier molecular flexibility index (Phi) is 6.74. The lowest BCUT2D eigenvalue weighted by Crippen LogP contribution is -1.75. The van der Waals surface area contributed by atoms with Gasteiger partial charge in [-0.2, -0.15) is 0 Å². The van der Waals surface area contributed by atoms with Crippen LogP contribution in [0.3, 0.4) is 0 Å². The van der Waals surface area contributed by atoms with E-state index in [1.165, 1.54) is 32.1 Å². The van der Waals surface area contributed by atoms with Gasteiger partial charge in [-0.15, -0.1) is 0 Å². The van der Waals surface area contributed by atoms with Crippen LogP contribution in [0, 0.1) is 0 Å². The fraction of sp³-hybridized carbons (Fsp3) is 0.429. The maximum Gasteiger partial charge on any atom is -0.0166 e. The topological polar surface area (TPSA) is 0 Å². The van der Waals surface area contributed by atoms with Crippen LogP contribution in [0.2, 0.25) is 0 Å². The summed E-state index contributed by atoms with van der Waals surface area (Å²) in [4.78, 5) is 0. The first-order valence-electron chi connectivity index (χ1n) is 5.63. The molecule has 1 aliphatic carbocycles. The van der Waals surface area contributed by atoms with E-state index in [4.69, 9.17) is 0 Å². The average Bonchev–Trinajstić information content (AvgIpc) is 2.22. The minimum atomic E-state index is 1.06. The van der Waals surface area contributed by atoms with E-state index in [0.717, 1.165) is 6.42 Å². The summed E-state index contributed by atoms with van der Waals surface area (Å²) in [6.07, 6.45) is 25.0. The van der Waals surface area contributed by atoms with Crippen LogP contribution in [0.1, 0.15) is 38.5 Å². The molecule has 0 aromatic heterocycles. The van der Waals surface area contributed by atoms with Crippen molar-refractivity contribution >= 4 is 0 Å². The first-order chi connectivity index (χ1) is 7.00. The number of allylic oxidation sites excluding steroid dienone is 8. The van der Waals surface area contributed by atoms with E-state index >= 15 is 0 Å². The summed E-state index contributed by atoms with van der Waals surface area (Å²) < 4.78 is 0. The third-order valence-electron chi connectivity index (χ3n) is 2.29. The van der Waals surface area contributed by atoms with Gasteiger partial charge < -0.3 is 0 Å². The van der Waals surface area contributed by atoms with E-state index in [9.17, 15) is 0 Å². The molecule has 14 heavy (non-hydrogen) atoms. The molecule has 0 bridgehead atoms. The van der Waals surface area contributed by atoms with Crippen LogP contribution in [-0.2, 0) is 0 Å². The van der Waals surface area contributed by atoms with Crippen molar-refractivity contribution in [2.24, 2.45) is 0 Å². The predicted molar refractivity (Wildman–Crippen MR) is 64.3 cm³/mol. The second kappa shape index (κ2) is 8.55. The molecule has 0 heterocycles. The maximum atomic E-state index is 2.30. The Bertz CT molecular complexity index is 228. The van der Waals surface area contributed by atoms with Crippen molar-refractivity contribution in [3.05, 3.63) is 48.6 Å². The third-order valence-corrected chi connectivity index (χ3v) is 2.29. The number of hydrogen-bond donors (Lipinski definition) is 0. The molecule has 0 aromatic rings. The molecule has 0 N–H and O–H groups in total. The minimum absolute atomic E-state index is 1.06. The van der Waals surface area contributed by atoms with Crippen molar-refractivity contribution in [1.29, 1.82) is 0 Å². The zero-order chi connectivity index (χ0) is 9.90. The largest absolute Gasteiger partial charge is 0.0882 e. The monoisotopic (exact) mass is 188 g/mol. The summed E-state index contributed by atoms with van der Waals surface area (Å²) in [6, 6.07) is 0. The molecule has 0 fully saturated rings. The summed E-state index contributed by atoms with van der Waals surface area (Å²) in [5.74, 6) is 0. The summed E-state index contributed by atoms with van der Waals surface area (Å²) in [7, 11) is 0. The standard InChI is InChI=1S/C14H20/c1-2-4-6-8-10-12-14-13-11-9-7-5-3-1/h1-6,9,11H,7-8,10,12-14H2/b2-1-,5-3?,6-4?,11-9?. The van der Waals surface area contributed by atoms with Gasteiger partial charge in [0.15, 0.2) is 0 Å². The molecule has 0 saturated carbocycles. The molecule has 1 rings (SSSR count). The van der Waals surface area contributed by atoms with Gasteiger partial charge in [-0.25, -0.2) is 0 Å². The van der Waals surface area contributed by atoms with Crippen molar-refractivity contribution < 1.29 is 0 Å². The van der Waals surface area contributed by atoms with Gasteiger partial charge in [0, 0.05) is 0 Å². The highest BCUT2D eigenvalue weighted by Crippen LogP contribution is 2.05. The van der Waals surface area contributed by atoms with Crippen molar-refractivity contribution in [2.75, 3.05) is 0 Å². The van der Waals surface area contributed by atoms with Gasteiger partial charge in [0.1, 0.15) is 0 Å². The summed E-state index contributed by atoms with van der Waals surface area (Å²) in [5.41, 5.74) is 0. The molecular weight excluding hydrogens is 168 g/mol. The molecular formula is C14H20. The molecule has 0 amide bonds. The smallest absolute Gasteiger partial charge is 0.0166 e. The second-order valence-corrected chi connectivity index (χ2v) is 3.59.